The van der Waals surface area contributed by atoms with E-state index in [4.69, 9.17) is 9.15 Å². The van der Waals surface area contributed by atoms with Crippen LogP contribution in [0, 0.1) is 6.92 Å². The van der Waals surface area contributed by atoms with Crippen molar-refractivity contribution in [1.29, 1.82) is 0 Å². The lowest BCUT2D eigenvalue weighted by atomic mass is 10.0. The number of carbonyl (C=O) groups is 1. The van der Waals surface area contributed by atoms with Crippen LogP contribution in [0.5, 0.6) is 0 Å². The van der Waals surface area contributed by atoms with Gasteiger partial charge in [0.2, 0.25) is 0 Å². The van der Waals surface area contributed by atoms with E-state index in [1.807, 2.05) is 0 Å². The summed E-state index contributed by atoms with van der Waals surface area (Å²) in [5.41, 5.74) is 1.44. The molecule has 1 unspecified atom stereocenters. The molecule has 1 fully saturated rings. The molecule has 1 amide bonds. The Labute approximate surface area is 143 Å². The smallest absolute Gasteiger partial charge is 0.349 e. The molecule has 4 heterocycles. The second-order valence-corrected chi connectivity index (χ2v) is 7.34. The minimum Gasteiger partial charge on any atom is -0.424 e. The van der Waals surface area contributed by atoms with Crippen molar-refractivity contribution >= 4 is 17.2 Å². The number of carbonyl (C=O) groups excluding carboxylic acids is 1. The average Bonchev–Trinajstić information content (AvgIpc) is 3.24. The molecule has 2 aliphatic heterocycles. The molecule has 5 nitrogen and oxygen atoms in total. The number of fused-ring (bicyclic) bond motifs is 1. The van der Waals surface area contributed by atoms with Gasteiger partial charge in [-0.2, -0.15) is 0 Å². The quantitative estimate of drug-likeness (QED) is 0.839. The van der Waals surface area contributed by atoms with Crippen LogP contribution in [0.3, 0.4) is 0 Å². The Morgan fingerprint density at radius 1 is 1.42 bits per heavy atom. The van der Waals surface area contributed by atoms with Gasteiger partial charge in [0.15, 0.2) is 0 Å². The fourth-order valence-electron chi connectivity index (χ4n) is 3.43. The van der Waals surface area contributed by atoms with Gasteiger partial charge < -0.3 is 14.1 Å². The van der Waals surface area contributed by atoms with E-state index in [-0.39, 0.29) is 17.6 Å². The first-order chi connectivity index (χ1) is 11.6. The summed E-state index contributed by atoms with van der Waals surface area (Å²) in [4.78, 5) is 28.3. The van der Waals surface area contributed by atoms with E-state index in [0.717, 1.165) is 19.3 Å². The van der Waals surface area contributed by atoms with E-state index in [1.54, 1.807) is 29.2 Å². The number of nitrogens with zero attached hydrogens (tertiary/aromatic N) is 1. The fourth-order valence-corrected chi connectivity index (χ4v) is 4.32. The van der Waals surface area contributed by atoms with E-state index < -0.39 is 5.63 Å². The molecule has 0 spiro atoms. The zero-order chi connectivity index (χ0) is 16.7. The minimum atomic E-state index is -0.554. The van der Waals surface area contributed by atoms with Crippen LogP contribution in [0.25, 0.3) is 0 Å². The molecule has 4 rings (SSSR count). The summed E-state index contributed by atoms with van der Waals surface area (Å²) >= 11 is 1.73. The van der Waals surface area contributed by atoms with Crippen molar-refractivity contribution in [2.45, 2.75) is 38.8 Å². The summed E-state index contributed by atoms with van der Waals surface area (Å²) in [6.45, 7) is 3.68. The largest absolute Gasteiger partial charge is 0.424 e. The molecule has 0 radical (unpaired) electrons. The second-order valence-electron chi connectivity index (χ2n) is 6.34. The molecule has 6 heteroatoms. The van der Waals surface area contributed by atoms with E-state index in [9.17, 15) is 9.59 Å². The minimum absolute atomic E-state index is 0.149. The van der Waals surface area contributed by atoms with Crippen LogP contribution in [-0.4, -0.2) is 24.0 Å². The highest BCUT2D eigenvalue weighted by Gasteiger charge is 2.28. The third-order valence-corrected chi connectivity index (χ3v) is 5.75. The van der Waals surface area contributed by atoms with Crippen molar-refractivity contribution in [3.05, 3.63) is 55.3 Å². The third-order valence-electron chi connectivity index (χ3n) is 4.72. The van der Waals surface area contributed by atoms with Crippen molar-refractivity contribution in [2.75, 3.05) is 13.2 Å². The number of amides is 1. The topological polar surface area (TPSA) is 59.8 Å². The van der Waals surface area contributed by atoms with E-state index >= 15 is 0 Å². The van der Waals surface area contributed by atoms with Gasteiger partial charge in [-0.1, -0.05) is 0 Å². The van der Waals surface area contributed by atoms with E-state index in [1.165, 1.54) is 10.4 Å². The molecule has 0 bridgehead atoms. The maximum Gasteiger partial charge on any atom is 0.349 e. The zero-order valence-corrected chi connectivity index (χ0v) is 14.4. The van der Waals surface area contributed by atoms with Crippen LogP contribution in [0.1, 0.15) is 51.1 Å². The lowest BCUT2D eigenvalue weighted by molar-refractivity contribution is 0.0721. The molecular weight excluding hydrogens is 326 g/mol. The SMILES string of the molecule is Cc1cc(C2CCCO2)oc(=O)c1C(=O)N1CCc2sccc2C1. The summed E-state index contributed by atoms with van der Waals surface area (Å²) in [6.07, 6.45) is 2.49. The molecule has 2 aromatic heterocycles. The average molecular weight is 345 g/mol. The number of aryl methyl sites for hydroxylation is 1. The zero-order valence-electron chi connectivity index (χ0n) is 13.5. The monoisotopic (exact) mass is 345 g/mol. The number of hydrogen-bond acceptors (Lipinski definition) is 5. The summed E-state index contributed by atoms with van der Waals surface area (Å²) in [6, 6.07) is 3.83. The highest BCUT2D eigenvalue weighted by atomic mass is 32.1. The van der Waals surface area contributed by atoms with Gasteiger partial charge in [0.1, 0.15) is 17.4 Å². The van der Waals surface area contributed by atoms with Gasteiger partial charge >= 0.3 is 5.63 Å². The molecule has 126 valence electrons. The molecular formula is C18H19NO4S. The van der Waals surface area contributed by atoms with Crippen molar-refractivity contribution in [2.24, 2.45) is 0 Å². The summed E-state index contributed by atoms with van der Waals surface area (Å²) in [7, 11) is 0. The molecule has 1 saturated heterocycles. The van der Waals surface area contributed by atoms with Crippen molar-refractivity contribution in [3.63, 3.8) is 0 Å². The van der Waals surface area contributed by atoms with Gasteiger partial charge in [0, 0.05) is 24.6 Å². The Morgan fingerprint density at radius 3 is 3.04 bits per heavy atom. The van der Waals surface area contributed by atoms with Gasteiger partial charge in [-0.05, 0) is 54.8 Å². The van der Waals surface area contributed by atoms with Gasteiger partial charge in [-0.15, -0.1) is 11.3 Å². The second kappa shape index (κ2) is 6.18. The van der Waals surface area contributed by atoms with Crippen LogP contribution in [0.15, 0.2) is 26.7 Å². The van der Waals surface area contributed by atoms with Crippen molar-refractivity contribution < 1.29 is 13.9 Å². The van der Waals surface area contributed by atoms with Crippen LogP contribution in [0.2, 0.25) is 0 Å². The fraction of sp³-hybridized carbons (Fsp3) is 0.444. The standard InChI is InChI=1S/C18H19NO4S/c1-11-9-14(13-3-2-7-22-13)23-18(21)16(11)17(20)19-6-4-15-12(10-19)5-8-24-15/h5,8-9,13H,2-4,6-7,10H2,1H3. The predicted octanol–water partition coefficient (Wildman–Crippen LogP) is 3.06. The number of ether oxygens (including phenoxy) is 1. The molecule has 0 aliphatic carbocycles. The van der Waals surface area contributed by atoms with E-state index in [0.29, 0.717) is 31.0 Å². The first-order valence-corrected chi connectivity index (χ1v) is 9.12. The van der Waals surface area contributed by atoms with Gasteiger partial charge in [0.25, 0.3) is 5.91 Å². The highest BCUT2D eigenvalue weighted by Crippen LogP contribution is 2.29. The predicted molar refractivity (Wildman–Crippen MR) is 90.4 cm³/mol. The maximum absolute atomic E-state index is 12.8. The van der Waals surface area contributed by atoms with Crippen molar-refractivity contribution in [1.82, 2.24) is 4.90 Å². The van der Waals surface area contributed by atoms with Crippen LogP contribution < -0.4 is 5.63 Å². The Hall–Kier alpha value is -1.92. The summed E-state index contributed by atoms with van der Waals surface area (Å²) in [5.74, 6) is 0.294. The summed E-state index contributed by atoms with van der Waals surface area (Å²) < 4.78 is 11.0. The Morgan fingerprint density at radius 2 is 2.29 bits per heavy atom. The van der Waals surface area contributed by atoms with Crippen LogP contribution in [0.4, 0.5) is 0 Å². The number of hydrogen-bond donors (Lipinski definition) is 0. The van der Waals surface area contributed by atoms with Crippen LogP contribution in [-0.2, 0) is 17.7 Å². The Kier molecular flexibility index (Phi) is 4.02. The molecule has 0 N–H and O–H groups in total. The van der Waals surface area contributed by atoms with Gasteiger partial charge in [-0.3, -0.25) is 4.79 Å². The highest BCUT2D eigenvalue weighted by molar-refractivity contribution is 7.10. The Balaban J connectivity index is 1.62. The molecule has 0 saturated carbocycles. The van der Waals surface area contributed by atoms with E-state index in [2.05, 4.69) is 11.4 Å². The van der Waals surface area contributed by atoms with Gasteiger partial charge in [0.05, 0.1) is 0 Å². The normalized spacial score (nSPS) is 20.2. The van der Waals surface area contributed by atoms with Crippen molar-refractivity contribution in [3.8, 4) is 0 Å². The molecule has 2 aromatic rings. The Bertz CT molecular complexity index is 832. The lowest BCUT2D eigenvalue weighted by Gasteiger charge is -2.27. The first-order valence-electron chi connectivity index (χ1n) is 8.24. The molecule has 1 atom stereocenters. The molecule has 24 heavy (non-hydrogen) atoms. The number of rotatable bonds is 2. The van der Waals surface area contributed by atoms with Crippen LogP contribution >= 0.6 is 11.3 Å². The first kappa shape index (κ1) is 15.6. The summed E-state index contributed by atoms with van der Waals surface area (Å²) in [5, 5.41) is 2.05. The van der Waals surface area contributed by atoms with Gasteiger partial charge in [-0.25, -0.2) is 4.79 Å². The lowest BCUT2D eigenvalue weighted by Crippen LogP contribution is -2.38. The maximum atomic E-state index is 12.8. The third kappa shape index (κ3) is 2.70. The molecule has 2 aliphatic rings. The molecule has 0 aromatic carbocycles. The number of thiophene rings is 1.